The number of halogens is 1. The summed E-state index contributed by atoms with van der Waals surface area (Å²) in [6.45, 7) is 4.38. The Hall–Kier alpha value is -1.55. The predicted molar refractivity (Wildman–Crippen MR) is 85.8 cm³/mol. The van der Waals surface area contributed by atoms with Crippen molar-refractivity contribution in [1.29, 1.82) is 0 Å². The molecule has 0 unspecified atom stereocenters. The zero-order chi connectivity index (χ0) is 16.2. The second kappa shape index (κ2) is 7.14. The molecule has 0 heterocycles. The van der Waals surface area contributed by atoms with Crippen molar-refractivity contribution in [3.63, 3.8) is 0 Å². The molecule has 1 saturated carbocycles. The number of hydrogen-bond donors (Lipinski definition) is 1. The molecular formula is C17H22ClNO3. The molecule has 1 aliphatic rings. The molecule has 0 bridgehead atoms. The second-order valence-corrected chi connectivity index (χ2v) is 6.65. The normalized spacial score (nSPS) is 16.0. The molecule has 1 aromatic rings. The van der Waals surface area contributed by atoms with Crippen LogP contribution in [0.1, 0.15) is 38.7 Å². The van der Waals surface area contributed by atoms with E-state index in [1.807, 2.05) is 26.0 Å². The smallest absolute Gasteiger partial charge is 0.317 e. The van der Waals surface area contributed by atoms with Crippen molar-refractivity contribution in [3.05, 3.63) is 34.9 Å². The van der Waals surface area contributed by atoms with Gasteiger partial charge in [0.2, 0.25) is 0 Å². The third-order valence-corrected chi connectivity index (χ3v) is 4.29. The van der Waals surface area contributed by atoms with Gasteiger partial charge in [-0.05, 0) is 36.5 Å². The van der Waals surface area contributed by atoms with Gasteiger partial charge in [0.25, 0.3) is 5.91 Å². The molecule has 1 aromatic carbocycles. The number of rotatable bonds is 6. The van der Waals surface area contributed by atoms with Gasteiger partial charge in [0, 0.05) is 11.6 Å². The molecular weight excluding hydrogens is 302 g/mol. The molecule has 22 heavy (non-hydrogen) atoms. The topological polar surface area (TPSA) is 55.4 Å². The van der Waals surface area contributed by atoms with Crippen LogP contribution in [0.25, 0.3) is 0 Å². The Balaban J connectivity index is 1.95. The van der Waals surface area contributed by atoms with E-state index in [1.165, 1.54) is 0 Å². The Bertz CT molecular complexity index is 535. The highest BCUT2D eigenvalue weighted by Gasteiger charge is 2.47. The predicted octanol–water partition coefficient (Wildman–Crippen LogP) is 3.08. The SMILES string of the molecule is CC(C)CNC(=O)COC(=O)C1(c2ccc(Cl)cc2)CCC1. The van der Waals surface area contributed by atoms with Gasteiger partial charge in [-0.15, -0.1) is 0 Å². The summed E-state index contributed by atoms with van der Waals surface area (Å²) in [5.74, 6) is -0.208. The van der Waals surface area contributed by atoms with Crippen molar-refractivity contribution in [2.75, 3.05) is 13.2 Å². The first-order valence-electron chi connectivity index (χ1n) is 7.64. The summed E-state index contributed by atoms with van der Waals surface area (Å²) in [4.78, 5) is 24.1. The van der Waals surface area contributed by atoms with E-state index < -0.39 is 5.41 Å². The Morgan fingerprint density at radius 2 is 1.91 bits per heavy atom. The maximum atomic E-state index is 12.4. The van der Waals surface area contributed by atoms with E-state index in [0.717, 1.165) is 24.8 Å². The first-order valence-corrected chi connectivity index (χ1v) is 8.02. The lowest BCUT2D eigenvalue weighted by Gasteiger charge is -2.39. The van der Waals surface area contributed by atoms with Crippen molar-refractivity contribution in [3.8, 4) is 0 Å². The fourth-order valence-corrected chi connectivity index (χ4v) is 2.67. The zero-order valence-corrected chi connectivity index (χ0v) is 13.8. The molecule has 1 amide bonds. The fraction of sp³-hybridized carbons (Fsp3) is 0.529. The third kappa shape index (κ3) is 3.80. The van der Waals surface area contributed by atoms with Crippen LogP contribution in [0.4, 0.5) is 0 Å². The number of ether oxygens (including phenoxy) is 1. The van der Waals surface area contributed by atoms with Gasteiger partial charge in [-0.25, -0.2) is 0 Å². The van der Waals surface area contributed by atoms with Crippen LogP contribution in [0.5, 0.6) is 0 Å². The summed E-state index contributed by atoms with van der Waals surface area (Å²) < 4.78 is 5.24. The van der Waals surface area contributed by atoms with Crippen molar-refractivity contribution < 1.29 is 14.3 Å². The summed E-state index contributed by atoms with van der Waals surface area (Å²) >= 11 is 5.90. The van der Waals surface area contributed by atoms with Gasteiger partial charge in [-0.3, -0.25) is 9.59 Å². The largest absolute Gasteiger partial charge is 0.455 e. The van der Waals surface area contributed by atoms with Crippen molar-refractivity contribution in [2.45, 2.75) is 38.5 Å². The summed E-state index contributed by atoms with van der Waals surface area (Å²) in [7, 11) is 0. The molecule has 120 valence electrons. The van der Waals surface area contributed by atoms with E-state index in [-0.39, 0.29) is 18.5 Å². The quantitative estimate of drug-likeness (QED) is 0.818. The highest BCUT2D eigenvalue weighted by atomic mass is 35.5. The minimum Gasteiger partial charge on any atom is -0.455 e. The van der Waals surface area contributed by atoms with Crippen LogP contribution >= 0.6 is 11.6 Å². The van der Waals surface area contributed by atoms with Gasteiger partial charge in [0.1, 0.15) is 0 Å². The van der Waals surface area contributed by atoms with Crippen molar-refractivity contribution in [1.82, 2.24) is 5.32 Å². The zero-order valence-electron chi connectivity index (χ0n) is 13.0. The minimum atomic E-state index is -0.608. The molecule has 5 heteroatoms. The molecule has 0 aliphatic heterocycles. The lowest BCUT2D eigenvalue weighted by Crippen LogP contribution is -2.45. The van der Waals surface area contributed by atoms with Crippen molar-refractivity contribution >= 4 is 23.5 Å². The summed E-state index contributed by atoms with van der Waals surface area (Å²) in [5, 5.41) is 3.38. The number of carbonyl (C=O) groups excluding carboxylic acids is 2. The molecule has 0 aromatic heterocycles. The molecule has 1 aliphatic carbocycles. The summed E-state index contributed by atoms with van der Waals surface area (Å²) in [6.07, 6.45) is 2.49. The number of hydrogen-bond acceptors (Lipinski definition) is 3. The van der Waals surface area contributed by atoms with Gasteiger partial charge in [-0.2, -0.15) is 0 Å². The van der Waals surface area contributed by atoms with E-state index >= 15 is 0 Å². The van der Waals surface area contributed by atoms with E-state index in [0.29, 0.717) is 17.5 Å². The maximum absolute atomic E-state index is 12.4. The number of esters is 1. The molecule has 0 spiro atoms. The van der Waals surface area contributed by atoms with E-state index in [1.54, 1.807) is 12.1 Å². The van der Waals surface area contributed by atoms with E-state index in [9.17, 15) is 9.59 Å². The summed E-state index contributed by atoms with van der Waals surface area (Å²) in [5.41, 5.74) is 0.305. The molecule has 0 atom stereocenters. The average Bonchev–Trinajstić information content (AvgIpc) is 2.43. The highest BCUT2D eigenvalue weighted by molar-refractivity contribution is 6.30. The molecule has 1 N–H and O–H groups in total. The molecule has 4 nitrogen and oxygen atoms in total. The van der Waals surface area contributed by atoms with Gasteiger partial charge in [0.05, 0.1) is 5.41 Å². The number of amides is 1. The molecule has 1 fully saturated rings. The standard InChI is InChI=1S/C17H22ClNO3/c1-12(2)10-19-15(20)11-22-16(21)17(8-3-9-17)13-4-6-14(18)7-5-13/h4-7,12H,3,8-11H2,1-2H3,(H,19,20). The fourth-order valence-electron chi connectivity index (χ4n) is 2.55. The first kappa shape index (κ1) is 16.8. The van der Waals surface area contributed by atoms with Gasteiger partial charge < -0.3 is 10.1 Å². The van der Waals surface area contributed by atoms with Gasteiger partial charge in [-0.1, -0.05) is 44.0 Å². The van der Waals surface area contributed by atoms with Crippen LogP contribution in [0.3, 0.4) is 0 Å². The van der Waals surface area contributed by atoms with Gasteiger partial charge in [0.15, 0.2) is 6.61 Å². The minimum absolute atomic E-state index is 0.221. The third-order valence-electron chi connectivity index (χ3n) is 4.04. The Morgan fingerprint density at radius 1 is 1.27 bits per heavy atom. The monoisotopic (exact) mass is 323 g/mol. The van der Waals surface area contributed by atoms with Gasteiger partial charge >= 0.3 is 5.97 Å². The van der Waals surface area contributed by atoms with Crippen LogP contribution in [0, 0.1) is 5.92 Å². The van der Waals surface area contributed by atoms with Crippen LogP contribution in [-0.2, 0) is 19.7 Å². The first-order chi connectivity index (χ1) is 10.4. The Labute approximate surface area is 136 Å². The number of nitrogens with one attached hydrogen (secondary N) is 1. The molecule has 0 saturated heterocycles. The lowest BCUT2D eigenvalue weighted by molar-refractivity contribution is -0.157. The number of carbonyl (C=O) groups is 2. The van der Waals surface area contributed by atoms with E-state index in [2.05, 4.69) is 5.32 Å². The van der Waals surface area contributed by atoms with Crippen LogP contribution in [0.2, 0.25) is 5.02 Å². The molecule has 0 radical (unpaired) electrons. The highest BCUT2D eigenvalue weighted by Crippen LogP contribution is 2.45. The van der Waals surface area contributed by atoms with E-state index in [4.69, 9.17) is 16.3 Å². The Kier molecular flexibility index (Phi) is 5.46. The van der Waals surface area contributed by atoms with Crippen molar-refractivity contribution in [2.24, 2.45) is 5.92 Å². The second-order valence-electron chi connectivity index (χ2n) is 6.22. The maximum Gasteiger partial charge on any atom is 0.317 e. The Morgan fingerprint density at radius 3 is 2.41 bits per heavy atom. The van der Waals surface area contributed by atoms with Crippen LogP contribution in [0.15, 0.2) is 24.3 Å². The number of benzene rings is 1. The van der Waals surface area contributed by atoms with Crippen LogP contribution < -0.4 is 5.32 Å². The lowest BCUT2D eigenvalue weighted by atomic mass is 9.64. The average molecular weight is 324 g/mol. The van der Waals surface area contributed by atoms with Crippen LogP contribution in [-0.4, -0.2) is 25.0 Å². The summed E-state index contributed by atoms with van der Waals surface area (Å²) in [6, 6.07) is 7.28. The molecule has 2 rings (SSSR count).